The first-order chi connectivity index (χ1) is 7.59. The highest BCUT2D eigenvalue weighted by atomic mass is 19.4. The Balaban J connectivity index is 3.55. The minimum Gasteiger partial charge on any atom is -0.398 e. The molecule has 96 valence electrons. The molecule has 5 N–H and O–H groups in total. The summed E-state index contributed by atoms with van der Waals surface area (Å²) < 4.78 is 37.6. The van der Waals surface area contributed by atoms with Crippen LogP contribution in [0.3, 0.4) is 0 Å². The Morgan fingerprint density at radius 1 is 0.941 bits per heavy atom. The molecule has 0 amide bonds. The Morgan fingerprint density at radius 2 is 1.29 bits per heavy atom. The number of nitrogens with two attached hydrogens (primary N) is 2. The quantitative estimate of drug-likeness (QED) is 0.668. The number of hydrogen-bond acceptors (Lipinski definition) is 3. The number of alkyl halides is 3. The first-order valence-corrected chi connectivity index (χ1v) is 4.98. The predicted octanol–water partition coefficient (Wildman–Crippen LogP) is 2.37. The van der Waals surface area contributed by atoms with Gasteiger partial charge in [0.25, 0.3) is 0 Å². The molecule has 3 nitrogen and oxygen atoms in total. The molecule has 0 aliphatic carbocycles. The van der Waals surface area contributed by atoms with E-state index in [0.29, 0.717) is 5.56 Å². The molecule has 0 fully saturated rings. The average molecular weight is 248 g/mol. The number of aliphatic hydroxyl groups excluding tert-OH is 1. The largest absolute Gasteiger partial charge is 0.418 e. The van der Waals surface area contributed by atoms with Gasteiger partial charge < -0.3 is 16.6 Å². The number of aliphatic hydroxyl groups is 1. The fraction of sp³-hybridized carbons (Fsp3) is 0.455. The van der Waals surface area contributed by atoms with Gasteiger partial charge in [0.05, 0.1) is 0 Å². The zero-order valence-electron chi connectivity index (χ0n) is 9.81. The van der Waals surface area contributed by atoms with Crippen LogP contribution in [-0.4, -0.2) is 11.3 Å². The van der Waals surface area contributed by atoms with Crippen molar-refractivity contribution in [2.45, 2.75) is 33.1 Å². The lowest BCUT2D eigenvalue weighted by atomic mass is 9.91. The maximum absolute atomic E-state index is 12.5. The zero-order valence-corrected chi connectivity index (χ0v) is 9.81. The third kappa shape index (κ3) is 2.17. The molecule has 1 aromatic carbocycles. The summed E-state index contributed by atoms with van der Waals surface area (Å²) in [4.78, 5) is 0. The molecule has 1 aromatic rings. The summed E-state index contributed by atoms with van der Waals surface area (Å²) in [5, 5.41) is 9.32. The van der Waals surface area contributed by atoms with Gasteiger partial charge in [-0.15, -0.1) is 0 Å². The number of rotatable bonds is 1. The molecule has 0 spiro atoms. The van der Waals surface area contributed by atoms with Crippen LogP contribution in [0.25, 0.3) is 0 Å². The second-order valence-electron chi connectivity index (χ2n) is 4.06. The minimum atomic E-state index is -4.73. The van der Waals surface area contributed by atoms with E-state index in [1.807, 2.05) is 0 Å². The van der Waals surface area contributed by atoms with Crippen molar-refractivity contribution in [3.63, 3.8) is 0 Å². The molecule has 1 rings (SSSR count). The maximum atomic E-state index is 12.5. The van der Waals surface area contributed by atoms with Crippen LogP contribution < -0.4 is 11.5 Å². The first kappa shape index (κ1) is 13.6. The monoisotopic (exact) mass is 248 g/mol. The Labute approximate surface area is 97.2 Å². The minimum absolute atomic E-state index is 0.186. The van der Waals surface area contributed by atoms with Gasteiger partial charge in [-0.2, -0.15) is 13.2 Å². The predicted molar refractivity (Wildman–Crippen MR) is 60.5 cm³/mol. The van der Waals surface area contributed by atoms with Crippen LogP contribution in [-0.2, 0) is 0 Å². The van der Waals surface area contributed by atoms with E-state index in [9.17, 15) is 18.3 Å². The smallest absolute Gasteiger partial charge is 0.398 e. The molecule has 0 aliphatic heterocycles. The van der Waals surface area contributed by atoms with E-state index in [2.05, 4.69) is 0 Å². The van der Waals surface area contributed by atoms with Crippen molar-refractivity contribution in [2.75, 3.05) is 11.5 Å². The summed E-state index contributed by atoms with van der Waals surface area (Å²) >= 11 is 0. The van der Waals surface area contributed by atoms with Crippen molar-refractivity contribution in [1.82, 2.24) is 0 Å². The Morgan fingerprint density at radius 3 is 1.59 bits per heavy atom. The average Bonchev–Trinajstić information content (AvgIpc) is 2.22. The van der Waals surface area contributed by atoms with Crippen LogP contribution in [0.2, 0.25) is 0 Å². The molecular weight excluding hydrogens is 233 g/mol. The molecular formula is C11H15F3N2O. The molecule has 0 bridgehead atoms. The summed E-state index contributed by atoms with van der Waals surface area (Å²) in [6.07, 6.45) is -7.29. The van der Waals surface area contributed by atoms with Crippen molar-refractivity contribution in [3.8, 4) is 0 Å². The van der Waals surface area contributed by atoms with E-state index in [0.717, 1.165) is 0 Å². The number of anilines is 2. The lowest BCUT2D eigenvalue weighted by Crippen LogP contribution is -2.23. The van der Waals surface area contributed by atoms with E-state index in [1.165, 1.54) is 13.8 Å². The van der Waals surface area contributed by atoms with Crippen molar-refractivity contribution in [3.05, 3.63) is 22.3 Å². The van der Waals surface area contributed by atoms with Crippen LogP contribution in [0.4, 0.5) is 24.5 Å². The number of hydrogen-bond donors (Lipinski definition) is 3. The molecule has 0 saturated heterocycles. The van der Waals surface area contributed by atoms with Crippen molar-refractivity contribution >= 4 is 11.4 Å². The van der Waals surface area contributed by atoms with Crippen LogP contribution in [0.1, 0.15) is 28.4 Å². The van der Waals surface area contributed by atoms with E-state index < -0.39 is 12.3 Å². The standard InChI is InChI=1S/C11H15F3N2O/c1-4-7(10(17)11(12,13)14)5(2)9(16)6(3)8(4)15/h10,17H,15-16H2,1-3H3. The highest BCUT2D eigenvalue weighted by molar-refractivity contribution is 5.71. The number of benzene rings is 1. The molecule has 6 heteroatoms. The molecule has 0 heterocycles. The molecule has 0 radical (unpaired) electrons. The lowest BCUT2D eigenvalue weighted by Gasteiger charge is -2.23. The van der Waals surface area contributed by atoms with Crippen molar-refractivity contribution < 1.29 is 18.3 Å². The van der Waals surface area contributed by atoms with Crippen LogP contribution in [0.5, 0.6) is 0 Å². The summed E-state index contributed by atoms with van der Waals surface area (Å²) in [5.41, 5.74) is 12.5. The lowest BCUT2D eigenvalue weighted by molar-refractivity contribution is -0.207. The third-order valence-electron chi connectivity index (χ3n) is 3.01. The van der Waals surface area contributed by atoms with Crippen LogP contribution in [0, 0.1) is 20.8 Å². The summed E-state index contributed by atoms with van der Waals surface area (Å²) in [6.45, 7) is 4.52. The van der Waals surface area contributed by atoms with Gasteiger partial charge >= 0.3 is 6.18 Å². The van der Waals surface area contributed by atoms with E-state index in [1.54, 1.807) is 6.92 Å². The van der Waals surface area contributed by atoms with Gasteiger partial charge in [0.1, 0.15) is 0 Å². The fourth-order valence-electron chi connectivity index (χ4n) is 1.85. The summed E-state index contributed by atoms with van der Waals surface area (Å²) in [7, 11) is 0. The highest BCUT2D eigenvalue weighted by Gasteiger charge is 2.41. The highest BCUT2D eigenvalue weighted by Crippen LogP contribution is 2.40. The maximum Gasteiger partial charge on any atom is 0.418 e. The fourth-order valence-corrected chi connectivity index (χ4v) is 1.85. The molecule has 0 aliphatic rings. The topological polar surface area (TPSA) is 72.3 Å². The van der Waals surface area contributed by atoms with E-state index >= 15 is 0 Å². The molecule has 1 unspecified atom stereocenters. The zero-order chi connectivity index (χ0) is 13.5. The molecule has 0 saturated carbocycles. The first-order valence-electron chi connectivity index (χ1n) is 4.98. The number of nitrogen functional groups attached to an aromatic ring is 2. The summed E-state index contributed by atoms with van der Waals surface area (Å²) in [5.74, 6) is 0. The van der Waals surface area contributed by atoms with Gasteiger partial charge in [0, 0.05) is 11.4 Å². The Bertz CT molecular complexity index is 426. The second-order valence-corrected chi connectivity index (χ2v) is 4.06. The second kappa shape index (κ2) is 4.10. The van der Waals surface area contributed by atoms with Gasteiger partial charge in [-0.05, 0) is 43.0 Å². The third-order valence-corrected chi connectivity index (χ3v) is 3.01. The Kier molecular flexibility index (Phi) is 3.29. The van der Waals surface area contributed by atoms with Gasteiger partial charge in [0.15, 0.2) is 6.10 Å². The van der Waals surface area contributed by atoms with E-state index in [-0.39, 0.29) is 28.1 Å². The van der Waals surface area contributed by atoms with E-state index in [4.69, 9.17) is 11.5 Å². The number of halogens is 3. The normalized spacial score (nSPS) is 13.8. The van der Waals surface area contributed by atoms with Crippen LogP contribution >= 0.6 is 0 Å². The van der Waals surface area contributed by atoms with Crippen LogP contribution in [0.15, 0.2) is 0 Å². The molecule has 0 aromatic heterocycles. The van der Waals surface area contributed by atoms with Gasteiger partial charge in [-0.3, -0.25) is 0 Å². The molecule has 17 heavy (non-hydrogen) atoms. The van der Waals surface area contributed by atoms with Gasteiger partial charge in [-0.1, -0.05) is 0 Å². The van der Waals surface area contributed by atoms with Gasteiger partial charge in [0.2, 0.25) is 0 Å². The Hall–Kier alpha value is -1.43. The molecule has 1 atom stereocenters. The summed E-state index contributed by atoms with van der Waals surface area (Å²) in [6, 6.07) is 0. The SMILES string of the molecule is Cc1c(N)c(C)c(C(O)C(F)(F)F)c(C)c1N. The van der Waals surface area contributed by atoms with Crippen molar-refractivity contribution in [1.29, 1.82) is 0 Å². The van der Waals surface area contributed by atoms with Crippen molar-refractivity contribution in [2.24, 2.45) is 0 Å². The van der Waals surface area contributed by atoms with Gasteiger partial charge in [-0.25, -0.2) is 0 Å².